The Bertz CT molecular complexity index is 605. The molecule has 0 radical (unpaired) electrons. The van der Waals surface area contributed by atoms with Gasteiger partial charge >= 0.3 is 0 Å². The van der Waals surface area contributed by atoms with Crippen LogP contribution in [0.5, 0.6) is 0 Å². The lowest BCUT2D eigenvalue weighted by Crippen LogP contribution is -2.37. The number of hydrogen-bond acceptors (Lipinski definition) is 3. The summed E-state index contributed by atoms with van der Waals surface area (Å²) in [6.45, 7) is 5.68. The minimum Gasteiger partial charge on any atom is -0.390 e. The van der Waals surface area contributed by atoms with Crippen LogP contribution in [0.25, 0.3) is 0 Å². The summed E-state index contributed by atoms with van der Waals surface area (Å²) in [5.41, 5.74) is 0.261. The number of aliphatic hydroxyl groups excluding tert-OH is 1. The lowest BCUT2D eigenvalue weighted by Gasteiger charge is -2.27. The van der Waals surface area contributed by atoms with Crippen molar-refractivity contribution in [2.24, 2.45) is 5.41 Å². The van der Waals surface area contributed by atoms with Crippen molar-refractivity contribution in [3.63, 3.8) is 0 Å². The van der Waals surface area contributed by atoms with Crippen molar-refractivity contribution in [2.45, 2.75) is 45.8 Å². The fourth-order valence-corrected chi connectivity index (χ4v) is 3.44. The van der Waals surface area contributed by atoms with E-state index in [2.05, 4.69) is 0 Å². The van der Waals surface area contributed by atoms with E-state index in [1.165, 1.54) is 0 Å². The number of amides is 1. The predicted molar refractivity (Wildman–Crippen MR) is 82.1 cm³/mol. The first kappa shape index (κ1) is 15.8. The molecule has 21 heavy (non-hydrogen) atoms. The molecule has 2 rings (SSSR count). The Hall–Kier alpha value is -1.57. The monoisotopic (exact) mass is 306 g/mol. The second-order valence-corrected chi connectivity index (χ2v) is 5.91. The summed E-state index contributed by atoms with van der Waals surface area (Å²) in [5, 5.41) is 19.8. The van der Waals surface area contributed by atoms with Gasteiger partial charge in [0.15, 0.2) is 0 Å². The maximum atomic E-state index is 12.8. The van der Waals surface area contributed by atoms with E-state index in [9.17, 15) is 9.90 Å². The number of aliphatic hydroxyl groups is 1. The van der Waals surface area contributed by atoms with Crippen molar-refractivity contribution in [3.8, 4) is 6.07 Å². The highest BCUT2D eigenvalue weighted by atomic mass is 35.5. The van der Waals surface area contributed by atoms with Crippen molar-refractivity contribution in [2.75, 3.05) is 4.90 Å². The Morgan fingerprint density at radius 3 is 2.48 bits per heavy atom. The minimum absolute atomic E-state index is 0.0757. The number of hydrogen-bond donors (Lipinski definition) is 1. The normalized spacial score (nSPS) is 24.2. The summed E-state index contributed by atoms with van der Waals surface area (Å²) in [6, 6.07) is 6.59. The largest absolute Gasteiger partial charge is 0.390 e. The molecule has 1 aromatic rings. The lowest BCUT2D eigenvalue weighted by atomic mass is 9.77. The molecule has 0 saturated carbocycles. The van der Waals surface area contributed by atoms with Crippen LogP contribution in [-0.2, 0) is 4.79 Å². The van der Waals surface area contributed by atoms with E-state index in [1.54, 1.807) is 23.1 Å². The van der Waals surface area contributed by atoms with Gasteiger partial charge in [0.1, 0.15) is 6.07 Å². The number of benzene rings is 1. The van der Waals surface area contributed by atoms with Crippen LogP contribution >= 0.6 is 11.6 Å². The quantitative estimate of drug-likeness (QED) is 0.933. The summed E-state index contributed by atoms with van der Waals surface area (Å²) in [5.74, 6) is -0.0757. The molecule has 0 unspecified atom stereocenters. The van der Waals surface area contributed by atoms with Gasteiger partial charge in [-0.05, 0) is 38.0 Å². The van der Waals surface area contributed by atoms with Gasteiger partial charge in [-0.1, -0.05) is 25.4 Å². The Kier molecular flexibility index (Phi) is 4.27. The van der Waals surface area contributed by atoms with Gasteiger partial charge in [-0.2, -0.15) is 5.26 Å². The Morgan fingerprint density at radius 1 is 1.43 bits per heavy atom. The molecule has 1 aliphatic rings. The molecule has 4 nitrogen and oxygen atoms in total. The number of carbonyl (C=O) groups is 1. The van der Waals surface area contributed by atoms with Gasteiger partial charge in [-0.25, -0.2) is 0 Å². The van der Waals surface area contributed by atoms with Crippen LogP contribution in [0.4, 0.5) is 5.69 Å². The third kappa shape index (κ3) is 2.21. The molecule has 0 spiro atoms. The molecule has 1 fully saturated rings. The molecule has 0 bridgehead atoms. The van der Waals surface area contributed by atoms with Crippen LogP contribution in [0.1, 0.15) is 39.2 Å². The van der Waals surface area contributed by atoms with E-state index in [0.29, 0.717) is 29.1 Å². The Balaban J connectivity index is 2.48. The highest BCUT2D eigenvalue weighted by Crippen LogP contribution is 2.44. The first-order chi connectivity index (χ1) is 9.92. The van der Waals surface area contributed by atoms with Crippen LogP contribution in [0.15, 0.2) is 18.2 Å². The molecular formula is C16H19ClN2O2. The number of anilines is 1. The van der Waals surface area contributed by atoms with E-state index in [1.807, 2.05) is 26.8 Å². The number of rotatable bonds is 3. The van der Waals surface area contributed by atoms with Crippen LogP contribution < -0.4 is 4.90 Å². The van der Waals surface area contributed by atoms with Gasteiger partial charge in [0, 0.05) is 5.69 Å². The Labute approximate surface area is 129 Å². The summed E-state index contributed by atoms with van der Waals surface area (Å²) in [4.78, 5) is 14.4. The standard InChI is InChI=1S/C16H19ClN2O2/c1-4-16(5-2)14(20)10(3)19(15(16)21)12-7-6-11(9-18)13(17)8-12/h6-8,10,14,20H,4-5H2,1-3H3/t10-,14+/m1/s1. The van der Waals surface area contributed by atoms with Gasteiger partial charge in [0.2, 0.25) is 5.91 Å². The van der Waals surface area contributed by atoms with Gasteiger partial charge in [-0.3, -0.25) is 4.79 Å². The molecule has 1 N–H and O–H groups in total. The Morgan fingerprint density at radius 2 is 2.05 bits per heavy atom. The number of nitrogens with zero attached hydrogens (tertiary/aromatic N) is 2. The molecular weight excluding hydrogens is 288 g/mol. The van der Waals surface area contributed by atoms with E-state index in [-0.39, 0.29) is 11.9 Å². The molecule has 112 valence electrons. The molecule has 1 heterocycles. The van der Waals surface area contributed by atoms with Crippen molar-refractivity contribution >= 4 is 23.2 Å². The van der Waals surface area contributed by atoms with Crippen LogP contribution in [-0.4, -0.2) is 23.2 Å². The maximum Gasteiger partial charge on any atom is 0.236 e. The van der Waals surface area contributed by atoms with Gasteiger partial charge in [0.25, 0.3) is 0 Å². The first-order valence-electron chi connectivity index (χ1n) is 7.14. The van der Waals surface area contributed by atoms with E-state index in [0.717, 1.165) is 0 Å². The second kappa shape index (κ2) is 5.67. The summed E-state index contributed by atoms with van der Waals surface area (Å²) in [6.07, 6.45) is 0.470. The molecule has 1 aromatic carbocycles. The summed E-state index contributed by atoms with van der Waals surface area (Å²) < 4.78 is 0. The average molecular weight is 307 g/mol. The van der Waals surface area contributed by atoms with Crippen LogP contribution in [0.3, 0.4) is 0 Å². The van der Waals surface area contributed by atoms with E-state index in [4.69, 9.17) is 16.9 Å². The van der Waals surface area contributed by atoms with Crippen LogP contribution in [0, 0.1) is 16.7 Å². The highest BCUT2D eigenvalue weighted by molar-refractivity contribution is 6.32. The van der Waals surface area contributed by atoms with Gasteiger partial charge in [-0.15, -0.1) is 0 Å². The zero-order chi connectivity index (χ0) is 15.8. The molecule has 1 amide bonds. The highest BCUT2D eigenvalue weighted by Gasteiger charge is 2.55. The SMILES string of the molecule is CCC1(CC)C(=O)N(c2ccc(C#N)c(Cl)c2)[C@H](C)[C@@H]1O. The third-order valence-corrected chi connectivity index (χ3v) is 5.00. The molecule has 2 atom stereocenters. The fraction of sp³-hybridized carbons (Fsp3) is 0.500. The van der Waals surface area contributed by atoms with Crippen molar-refractivity contribution < 1.29 is 9.90 Å². The molecule has 1 saturated heterocycles. The second-order valence-electron chi connectivity index (χ2n) is 5.50. The topological polar surface area (TPSA) is 64.3 Å². The molecule has 0 aliphatic carbocycles. The zero-order valence-electron chi connectivity index (χ0n) is 12.4. The summed E-state index contributed by atoms with van der Waals surface area (Å²) >= 11 is 6.06. The average Bonchev–Trinajstić information content (AvgIpc) is 2.67. The molecule has 0 aromatic heterocycles. The summed E-state index contributed by atoms with van der Waals surface area (Å²) in [7, 11) is 0. The number of halogens is 1. The number of nitriles is 1. The van der Waals surface area contributed by atoms with Crippen molar-refractivity contribution in [3.05, 3.63) is 28.8 Å². The smallest absolute Gasteiger partial charge is 0.236 e. The predicted octanol–water partition coefficient (Wildman–Crippen LogP) is 3.11. The third-order valence-electron chi connectivity index (χ3n) is 4.69. The molecule has 1 aliphatic heterocycles. The van der Waals surface area contributed by atoms with Crippen molar-refractivity contribution in [1.82, 2.24) is 0 Å². The van der Waals surface area contributed by atoms with Crippen molar-refractivity contribution in [1.29, 1.82) is 5.26 Å². The molecule has 5 heteroatoms. The van der Waals surface area contributed by atoms with E-state index < -0.39 is 11.5 Å². The van der Waals surface area contributed by atoms with E-state index >= 15 is 0 Å². The first-order valence-corrected chi connectivity index (χ1v) is 7.52. The fourth-order valence-electron chi connectivity index (χ4n) is 3.22. The maximum absolute atomic E-state index is 12.8. The number of carbonyl (C=O) groups excluding carboxylic acids is 1. The lowest BCUT2D eigenvalue weighted by molar-refractivity contribution is -0.129. The van der Waals surface area contributed by atoms with Gasteiger partial charge in [0.05, 0.1) is 28.1 Å². The minimum atomic E-state index is -0.736. The van der Waals surface area contributed by atoms with Gasteiger partial charge < -0.3 is 10.0 Å². The van der Waals surface area contributed by atoms with Crippen LogP contribution in [0.2, 0.25) is 5.02 Å². The zero-order valence-corrected chi connectivity index (χ0v) is 13.2.